The molecule has 18 heavy (non-hydrogen) atoms. The lowest BCUT2D eigenvalue weighted by Crippen LogP contribution is -2.49. The van der Waals surface area contributed by atoms with Crippen molar-refractivity contribution in [2.45, 2.75) is 31.7 Å². The maximum Gasteiger partial charge on any atom is 0.244 e. The molecule has 4 nitrogen and oxygen atoms in total. The van der Waals surface area contributed by atoms with Crippen LogP contribution in [0.4, 0.5) is 0 Å². The van der Waals surface area contributed by atoms with Gasteiger partial charge in [0.05, 0.1) is 10.9 Å². The van der Waals surface area contributed by atoms with E-state index in [9.17, 15) is 13.2 Å². The maximum atomic E-state index is 12.4. The SMILES string of the molecule is Cc1ccc2c(c1)C(=O)C(C(C)C)N(C)S2(=O)=O. The molecule has 0 radical (unpaired) electrons. The summed E-state index contributed by atoms with van der Waals surface area (Å²) in [6, 6.07) is 4.29. The molecule has 1 aliphatic rings. The summed E-state index contributed by atoms with van der Waals surface area (Å²) >= 11 is 0. The normalized spacial score (nSPS) is 23.2. The Bertz CT molecular complexity index is 605. The zero-order valence-corrected chi connectivity index (χ0v) is 11.8. The van der Waals surface area contributed by atoms with E-state index in [-0.39, 0.29) is 16.6 Å². The molecule has 0 N–H and O–H groups in total. The van der Waals surface area contributed by atoms with Gasteiger partial charge in [-0.2, -0.15) is 4.31 Å². The molecule has 98 valence electrons. The molecular weight excluding hydrogens is 250 g/mol. The first-order valence-electron chi connectivity index (χ1n) is 5.89. The monoisotopic (exact) mass is 267 g/mol. The number of hydrogen-bond donors (Lipinski definition) is 0. The molecule has 1 aromatic carbocycles. The van der Waals surface area contributed by atoms with Crippen LogP contribution in [0.25, 0.3) is 0 Å². The lowest BCUT2D eigenvalue weighted by Gasteiger charge is -2.34. The third kappa shape index (κ3) is 1.78. The van der Waals surface area contributed by atoms with E-state index >= 15 is 0 Å². The summed E-state index contributed by atoms with van der Waals surface area (Å²) in [6.45, 7) is 5.56. The van der Waals surface area contributed by atoms with Crippen molar-refractivity contribution in [3.05, 3.63) is 29.3 Å². The topological polar surface area (TPSA) is 54.5 Å². The van der Waals surface area contributed by atoms with Crippen LogP contribution in [0.1, 0.15) is 29.8 Å². The van der Waals surface area contributed by atoms with Gasteiger partial charge in [-0.1, -0.05) is 25.5 Å². The molecule has 1 heterocycles. The number of fused-ring (bicyclic) bond motifs is 1. The van der Waals surface area contributed by atoms with E-state index in [1.165, 1.54) is 17.4 Å². The van der Waals surface area contributed by atoms with Crippen LogP contribution < -0.4 is 0 Å². The Kier molecular flexibility index (Phi) is 3.07. The molecule has 0 saturated heterocycles. The summed E-state index contributed by atoms with van der Waals surface area (Å²) < 4.78 is 25.9. The summed E-state index contributed by atoms with van der Waals surface area (Å²) in [5, 5.41) is 0. The smallest absolute Gasteiger partial charge is 0.244 e. The minimum absolute atomic E-state index is 0.0501. The highest BCUT2D eigenvalue weighted by molar-refractivity contribution is 7.89. The van der Waals surface area contributed by atoms with Gasteiger partial charge in [0.15, 0.2) is 5.78 Å². The van der Waals surface area contributed by atoms with E-state index in [0.29, 0.717) is 5.56 Å². The fourth-order valence-electron chi connectivity index (χ4n) is 2.41. The fraction of sp³-hybridized carbons (Fsp3) is 0.462. The predicted molar refractivity (Wildman–Crippen MR) is 69.1 cm³/mol. The van der Waals surface area contributed by atoms with Crippen LogP contribution in [0, 0.1) is 12.8 Å². The molecule has 1 atom stereocenters. The van der Waals surface area contributed by atoms with E-state index < -0.39 is 16.1 Å². The second-order valence-corrected chi connectivity index (χ2v) is 7.04. The molecule has 0 fully saturated rings. The second kappa shape index (κ2) is 4.17. The van der Waals surface area contributed by atoms with E-state index in [1.807, 2.05) is 20.8 Å². The first kappa shape index (κ1) is 13.2. The Morgan fingerprint density at radius 3 is 2.44 bits per heavy atom. The number of aryl methyl sites for hydroxylation is 1. The van der Waals surface area contributed by atoms with Gasteiger partial charge in [0.1, 0.15) is 0 Å². The van der Waals surface area contributed by atoms with Crippen molar-refractivity contribution in [2.24, 2.45) is 5.92 Å². The van der Waals surface area contributed by atoms with Gasteiger partial charge in [-0.3, -0.25) is 4.79 Å². The van der Waals surface area contributed by atoms with Crippen molar-refractivity contribution in [1.29, 1.82) is 0 Å². The Morgan fingerprint density at radius 2 is 1.89 bits per heavy atom. The Morgan fingerprint density at radius 1 is 1.28 bits per heavy atom. The lowest BCUT2D eigenvalue weighted by molar-refractivity contribution is 0.0856. The van der Waals surface area contributed by atoms with Crippen molar-refractivity contribution in [3.8, 4) is 0 Å². The van der Waals surface area contributed by atoms with E-state index in [4.69, 9.17) is 0 Å². The number of ketones is 1. The molecule has 1 aromatic rings. The highest BCUT2D eigenvalue weighted by Gasteiger charge is 2.42. The molecule has 5 heteroatoms. The van der Waals surface area contributed by atoms with Crippen LogP contribution in [0.5, 0.6) is 0 Å². The van der Waals surface area contributed by atoms with Crippen molar-refractivity contribution in [3.63, 3.8) is 0 Å². The predicted octanol–water partition coefficient (Wildman–Crippen LogP) is 1.84. The quantitative estimate of drug-likeness (QED) is 0.780. The number of hydrogen-bond acceptors (Lipinski definition) is 3. The zero-order chi connectivity index (χ0) is 13.7. The average Bonchev–Trinajstić information content (AvgIpc) is 2.26. The lowest BCUT2D eigenvalue weighted by atomic mass is 9.94. The highest BCUT2D eigenvalue weighted by Crippen LogP contribution is 2.32. The van der Waals surface area contributed by atoms with Crippen LogP contribution >= 0.6 is 0 Å². The van der Waals surface area contributed by atoms with Gasteiger partial charge < -0.3 is 0 Å². The average molecular weight is 267 g/mol. The number of nitrogens with zero attached hydrogens (tertiary/aromatic N) is 1. The number of Topliss-reactive ketones (excluding diaryl/α,β-unsaturated/α-hetero) is 1. The van der Waals surface area contributed by atoms with Crippen LogP contribution in [-0.2, 0) is 10.0 Å². The van der Waals surface area contributed by atoms with Crippen molar-refractivity contribution < 1.29 is 13.2 Å². The first-order valence-corrected chi connectivity index (χ1v) is 7.33. The van der Waals surface area contributed by atoms with Gasteiger partial charge >= 0.3 is 0 Å². The highest BCUT2D eigenvalue weighted by atomic mass is 32.2. The van der Waals surface area contributed by atoms with E-state index in [1.54, 1.807) is 12.1 Å². The number of benzene rings is 1. The fourth-order valence-corrected chi connectivity index (χ4v) is 4.04. The molecule has 2 rings (SSSR count). The number of carbonyl (C=O) groups excluding carboxylic acids is 1. The minimum atomic E-state index is -3.55. The zero-order valence-electron chi connectivity index (χ0n) is 11.0. The summed E-state index contributed by atoms with van der Waals surface area (Å²) in [6.07, 6.45) is 0. The van der Waals surface area contributed by atoms with Crippen LogP contribution in [0.3, 0.4) is 0 Å². The number of rotatable bonds is 1. The van der Waals surface area contributed by atoms with Gasteiger partial charge in [-0.05, 0) is 25.0 Å². The Labute approximate surface area is 108 Å². The first-order chi connectivity index (χ1) is 8.26. The third-order valence-electron chi connectivity index (χ3n) is 3.35. The summed E-state index contributed by atoms with van der Waals surface area (Å²) in [7, 11) is -2.08. The standard InChI is InChI=1S/C13H17NO3S/c1-8(2)12-13(15)10-7-9(3)5-6-11(10)18(16,17)14(12)4/h5-8,12H,1-4H3. The molecule has 0 bridgehead atoms. The van der Waals surface area contributed by atoms with Gasteiger partial charge in [-0.15, -0.1) is 0 Å². The maximum absolute atomic E-state index is 12.4. The largest absolute Gasteiger partial charge is 0.292 e. The molecule has 0 spiro atoms. The Balaban J connectivity index is 2.73. The summed E-state index contributed by atoms with van der Waals surface area (Å²) in [5.74, 6) is -0.160. The molecule has 0 amide bonds. The molecule has 1 unspecified atom stereocenters. The third-order valence-corrected chi connectivity index (χ3v) is 5.25. The van der Waals surface area contributed by atoms with Crippen LogP contribution in [-0.4, -0.2) is 31.6 Å². The molecular formula is C13H17NO3S. The summed E-state index contributed by atoms with van der Waals surface area (Å²) in [5.41, 5.74) is 1.22. The van der Waals surface area contributed by atoms with Crippen LogP contribution in [0.15, 0.2) is 23.1 Å². The van der Waals surface area contributed by atoms with Crippen molar-refractivity contribution in [1.82, 2.24) is 4.31 Å². The van der Waals surface area contributed by atoms with Crippen molar-refractivity contribution >= 4 is 15.8 Å². The minimum Gasteiger partial charge on any atom is -0.292 e. The number of sulfonamides is 1. The molecule has 0 saturated carbocycles. The van der Waals surface area contributed by atoms with E-state index in [2.05, 4.69) is 0 Å². The van der Waals surface area contributed by atoms with Gasteiger partial charge in [-0.25, -0.2) is 8.42 Å². The molecule has 1 aliphatic heterocycles. The Hall–Kier alpha value is -1.20. The van der Waals surface area contributed by atoms with E-state index in [0.717, 1.165) is 5.56 Å². The van der Waals surface area contributed by atoms with Crippen molar-refractivity contribution in [2.75, 3.05) is 7.05 Å². The van der Waals surface area contributed by atoms with Gasteiger partial charge in [0.25, 0.3) is 0 Å². The number of carbonyl (C=O) groups is 1. The molecule has 0 aliphatic carbocycles. The number of likely N-dealkylation sites (N-methyl/N-ethyl adjacent to an activating group) is 1. The van der Waals surface area contributed by atoms with Gasteiger partial charge in [0, 0.05) is 12.6 Å². The van der Waals surface area contributed by atoms with Gasteiger partial charge in [0.2, 0.25) is 10.0 Å². The second-order valence-electron chi connectivity index (χ2n) is 5.07. The molecule has 0 aromatic heterocycles. The summed E-state index contributed by atoms with van der Waals surface area (Å²) in [4.78, 5) is 12.5. The van der Waals surface area contributed by atoms with Crippen LogP contribution in [0.2, 0.25) is 0 Å².